The van der Waals surface area contributed by atoms with Crippen molar-refractivity contribution >= 4 is 69.2 Å². The van der Waals surface area contributed by atoms with E-state index in [1.165, 1.54) is 11.3 Å². The van der Waals surface area contributed by atoms with Gasteiger partial charge in [0.05, 0.1) is 0 Å². The van der Waals surface area contributed by atoms with Crippen molar-refractivity contribution in [1.29, 1.82) is 0 Å². The fourth-order valence-electron chi connectivity index (χ4n) is 0.265. The molecule has 0 fully saturated rings. The Hall–Kier alpha value is 1.82. The average Bonchev–Trinajstić information content (AvgIpc) is 1.98. The van der Waals surface area contributed by atoms with Crippen LogP contribution in [-0.4, -0.2) is 23.1 Å². The van der Waals surface area contributed by atoms with Crippen LogP contribution in [0.1, 0.15) is 0 Å². The first-order chi connectivity index (χ1) is 3.72. The van der Waals surface area contributed by atoms with Gasteiger partial charge in [0, 0.05) is 0 Å². The summed E-state index contributed by atoms with van der Waals surface area (Å²) in [6.07, 6.45) is 0. The fraction of sp³-hybridized carbons (Fsp3) is 0. The summed E-state index contributed by atoms with van der Waals surface area (Å²) >= 11 is 17.7. The molecule has 0 spiro atoms. The summed E-state index contributed by atoms with van der Waals surface area (Å²) in [5.74, 6) is 0. The Morgan fingerprint density at radius 3 is 1.80 bits per heavy atom. The molecular weight excluding hydrogens is 291 g/mol. The van der Waals surface area contributed by atoms with Gasteiger partial charge in [-0.1, -0.05) is 10.0 Å². The maximum atomic E-state index is 5.51. The Morgan fingerprint density at radius 1 is 1.20 bits per heavy atom. The summed E-state index contributed by atoms with van der Waals surface area (Å²) in [5, 5.41) is 3.49. The number of hydrogen-bond donors (Lipinski definition) is 0. The fourth-order valence-corrected chi connectivity index (χ4v) is 1.48. The predicted molar refractivity (Wildman–Crippen MR) is 43.9 cm³/mol. The summed E-state index contributed by atoms with van der Waals surface area (Å²) in [5.41, 5.74) is 0. The molecule has 0 N–H and O–H groups in total. The second-order valence-electron chi connectivity index (χ2n) is 1.11. The summed E-state index contributed by atoms with van der Waals surface area (Å²) in [6, 6.07) is 0. The van der Waals surface area contributed by atoms with Crippen molar-refractivity contribution in [2.45, 2.75) is 0 Å². The van der Waals surface area contributed by atoms with E-state index in [9.17, 15) is 0 Å². The Bertz CT molecular complexity index is 183. The minimum Gasteiger partial charge on any atom is -1.00 e. The molecule has 6 heteroatoms. The van der Waals surface area contributed by atoms with Crippen LogP contribution >= 0.6 is 46.1 Å². The maximum Gasteiger partial charge on any atom is 2.00 e. The first-order valence-corrected chi connectivity index (χ1v) is 3.68. The summed E-state index contributed by atoms with van der Waals surface area (Å²) in [6.45, 7) is 0. The minimum absolute atomic E-state index is 0. The monoisotopic (exact) mass is 288 g/mol. The van der Waals surface area contributed by atoms with E-state index in [0.717, 1.165) is 0 Å². The molecule has 0 aromatic carbocycles. The molecule has 0 amide bonds. The second kappa shape index (κ2) is 6.35. The summed E-state index contributed by atoms with van der Waals surface area (Å²) < 4.78 is 0.497. The predicted octanol–water partition coefficient (Wildman–Crippen LogP) is 0.132. The largest absolute Gasteiger partial charge is 2.00 e. The number of hydrogen-bond acceptors (Lipinski definition) is 1. The van der Waals surface area contributed by atoms with Crippen LogP contribution in [0.15, 0.2) is 0 Å². The van der Waals surface area contributed by atoms with Crippen LogP contribution in [0.2, 0.25) is 14.4 Å². The molecule has 52 valence electrons. The second-order valence-corrected chi connectivity index (χ2v) is 3.28. The first kappa shape index (κ1) is 14.3. The topological polar surface area (TPSA) is 0 Å². The Labute approximate surface area is 105 Å². The van der Waals surface area contributed by atoms with Crippen molar-refractivity contribution in [1.82, 2.24) is 0 Å². The Kier molecular flexibility index (Phi) is 9.10. The van der Waals surface area contributed by atoms with Crippen LogP contribution in [0.3, 0.4) is 0 Å². The van der Waals surface area contributed by atoms with E-state index in [1.54, 1.807) is 0 Å². The molecule has 10 heavy (non-hydrogen) atoms. The van der Waals surface area contributed by atoms with Crippen molar-refractivity contribution in [3.8, 4) is 0 Å². The number of thiophene rings is 1. The maximum absolute atomic E-state index is 5.51. The molecule has 1 aromatic rings. The molecule has 0 atom stereocenters. The van der Waals surface area contributed by atoms with Crippen LogP contribution in [0, 0.1) is 5.38 Å². The SMILES string of the molecule is Clc1[c-]sc(Cl)c1Cl.[Br-].[Mg+2]. The van der Waals surface area contributed by atoms with Crippen molar-refractivity contribution in [2.24, 2.45) is 0 Å². The Balaban J connectivity index is 0. The summed E-state index contributed by atoms with van der Waals surface area (Å²) in [4.78, 5) is 0. The average molecular weight is 291 g/mol. The number of rotatable bonds is 0. The van der Waals surface area contributed by atoms with Crippen LogP contribution < -0.4 is 17.0 Å². The van der Waals surface area contributed by atoms with Crippen LogP contribution in [0.4, 0.5) is 0 Å². The third kappa shape index (κ3) is 3.48. The minimum atomic E-state index is 0. The smallest absolute Gasteiger partial charge is 1.00 e. The Morgan fingerprint density at radius 2 is 1.70 bits per heavy atom. The van der Waals surface area contributed by atoms with Gasteiger partial charge in [0.25, 0.3) is 0 Å². The van der Waals surface area contributed by atoms with Gasteiger partial charge in [-0.05, 0) is 4.34 Å². The van der Waals surface area contributed by atoms with Crippen molar-refractivity contribution in [2.75, 3.05) is 0 Å². The van der Waals surface area contributed by atoms with E-state index >= 15 is 0 Å². The molecular formula is C4BrCl3MgS. The third-order valence-electron chi connectivity index (χ3n) is 0.596. The van der Waals surface area contributed by atoms with Gasteiger partial charge in [-0.25, -0.2) is 0 Å². The van der Waals surface area contributed by atoms with Gasteiger partial charge in [0.2, 0.25) is 0 Å². The van der Waals surface area contributed by atoms with Crippen molar-refractivity contribution in [3.63, 3.8) is 0 Å². The van der Waals surface area contributed by atoms with Gasteiger partial charge >= 0.3 is 23.1 Å². The molecule has 1 aromatic heterocycles. The van der Waals surface area contributed by atoms with Crippen molar-refractivity contribution in [3.05, 3.63) is 19.8 Å². The molecule has 1 rings (SSSR count). The number of halogens is 4. The van der Waals surface area contributed by atoms with Gasteiger partial charge in [0.1, 0.15) is 0 Å². The quantitative estimate of drug-likeness (QED) is 0.471. The normalized spacial score (nSPS) is 7.90. The van der Waals surface area contributed by atoms with Gasteiger partial charge in [-0.3, -0.25) is 11.3 Å². The molecule has 0 bridgehead atoms. The molecule has 0 aliphatic rings. The van der Waals surface area contributed by atoms with E-state index < -0.39 is 0 Å². The van der Waals surface area contributed by atoms with E-state index in [-0.39, 0.29) is 40.0 Å². The van der Waals surface area contributed by atoms with E-state index in [0.29, 0.717) is 14.4 Å². The zero-order chi connectivity index (χ0) is 6.15. The summed E-state index contributed by atoms with van der Waals surface area (Å²) in [7, 11) is 0. The molecule has 0 saturated heterocycles. The van der Waals surface area contributed by atoms with Gasteiger partial charge in [-0.2, -0.15) is 23.2 Å². The first-order valence-electron chi connectivity index (χ1n) is 1.73. The van der Waals surface area contributed by atoms with E-state index in [4.69, 9.17) is 34.8 Å². The third-order valence-corrected chi connectivity index (χ3v) is 2.78. The molecule has 0 unspecified atom stereocenters. The molecule has 0 aliphatic carbocycles. The van der Waals surface area contributed by atoms with Crippen LogP contribution in [0.25, 0.3) is 0 Å². The molecule has 0 radical (unpaired) electrons. The zero-order valence-electron chi connectivity index (χ0n) is 4.63. The van der Waals surface area contributed by atoms with Crippen molar-refractivity contribution < 1.29 is 17.0 Å². The van der Waals surface area contributed by atoms with Crippen LogP contribution in [-0.2, 0) is 0 Å². The van der Waals surface area contributed by atoms with E-state index in [2.05, 4.69) is 5.38 Å². The molecule has 0 aliphatic heterocycles. The van der Waals surface area contributed by atoms with Gasteiger partial charge in [-0.15, -0.1) is 17.0 Å². The standard InChI is InChI=1S/C4Cl3S.BrH.Mg/c5-2-1-8-4(7)3(2)6;;/h;1H;/q-1;;+2/p-1. The van der Waals surface area contributed by atoms with Gasteiger partial charge in [0.15, 0.2) is 0 Å². The molecule has 0 nitrogen and oxygen atoms in total. The molecule has 1 heterocycles. The van der Waals surface area contributed by atoms with Gasteiger partial charge < -0.3 is 17.0 Å². The molecule has 0 saturated carbocycles. The zero-order valence-corrected chi connectivity index (χ0v) is 10.7. The van der Waals surface area contributed by atoms with Crippen LogP contribution in [0.5, 0.6) is 0 Å². The van der Waals surface area contributed by atoms with E-state index in [1.807, 2.05) is 0 Å².